The van der Waals surface area contributed by atoms with Gasteiger partial charge in [-0.05, 0) is 43.7 Å². The Morgan fingerprint density at radius 2 is 1.76 bits per heavy atom. The van der Waals surface area contributed by atoms with Crippen molar-refractivity contribution in [2.45, 2.75) is 25.8 Å². The monoisotopic (exact) mass is 348 g/mol. The van der Waals surface area contributed by atoms with Crippen LogP contribution in [0.4, 0.5) is 10.5 Å². The highest BCUT2D eigenvalue weighted by molar-refractivity contribution is 5.96. The number of benzene rings is 1. The molecule has 25 heavy (non-hydrogen) atoms. The van der Waals surface area contributed by atoms with E-state index in [9.17, 15) is 14.4 Å². The number of imide groups is 1. The van der Waals surface area contributed by atoms with Crippen LogP contribution in [-0.4, -0.2) is 55.5 Å². The zero-order valence-corrected chi connectivity index (χ0v) is 14.5. The Kier molecular flexibility index (Phi) is 6.76. The maximum atomic E-state index is 12.1. The van der Waals surface area contributed by atoms with Gasteiger partial charge in [0.25, 0.3) is 0 Å². The first-order valence-electron chi connectivity index (χ1n) is 8.26. The summed E-state index contributed by atoms with van der Waals surface area (Å²) in [6.07, 6.45) is 1.91. The van der Waals surface area contributed by atoms with E-state index in [1.54, 1.807) is 36.3 Å². The fourth-order valence-electron chi connectivity index (χ4n) is 2.18. The number of hydrogen-bond acceptors (Lipinski definition) is 5. The van der Waals surface area contributed by atoms with Crippen LogP contribution in [0.15, 0.2) is 24.3 Å². The number of carbonyl (C=O) groups excluding carboxylic acids is 3. The fourth-order valence-corrected chi connectivity index (χ4v) is 2.18. The number of ether oxygens (including phenoxy) is 1. The van der Waals surface area contributed by atoms with E-state index in [0.717, 1.165) is 12.8 Å². The van der Waals surface area contributed by atoms with Gasteiger partial charge in [-0.25, -0.2) is 4.79 Å². The van der Waals surface area contributed by atoms with Crippen molar-refractivity contribution in [3.8, 4) is 5.75 Å². The van der Waals surface area contributed by atoms with Crippen LogP contribution in [0.2, 0.25) is 0 Å². The summed E-state index contributed by atoms with van der Waals surface area (Å²) in [5.74, 6) is 0.0359. The molecule has 0 bridgehead atoms. The molecular weight excluding hydrogens is 324 g/mol. The minimum absolute atomic E-state index is 0.0232. The Labute approximate surface area is 146 Å². The quantitative estimate of drug-likeness (QED) is 0.649. The average Bonchev–Trinajstić information content (AvgIpc) is 3.38. The molecule has 1 aromatic carbocycles. The van der Waals surface area contributed by atoms with Crippen LogP contribution < -0.4 is 20.7 Å². The van der Waals surface area contributed by atoms with Gasteiger partial charge in [-0.2, -0.15) is 0 Å². The maximum absolute atomic E-state index is 12.1. The minimum atomic E-state index is -0.480. The molecule has 2 rings (SSSR count). The Morgan fingerprint density at radius 1 is 1.12 bits per heavy atom. The number of likely N-dealkylation sites (N-methyl/N-ethyl adjacent to an activating group) is 1. The standard InChI is InChI=1S/C17H24N4O4/c1-3-21(11-16(23)20-17(24)19-13-4-5-13)10-15(22)18-12-6-8-14(25-2)9-7-12/h6-9,13H,3-5,10-11H2,1-2H3,(H,18,22)(H2,19,20,23,24). The van der Waals surface area contributed by atoms with E-state index in [2.05, 4.69) is 16.0 Å². The molecule has 0 aliphatic heterocycles. The second kappa shape index (κ2) is 9.03. The van der Waals surface area contributed by atoms with Crippen molar-refractivity contribution in [3.63, 3.8) is 0 Å². The molecule has 0 aromatic heterocycles. The number of hydrogen-bond donors (Lipinski definition) is 3. The third-order valence-corrected chi connectivity index (χ3v) is 3.72. The largest absolute Gasteiger partial charge is 0.497 e. The normalized spacial score (nSPS) is 13.2. The molecule has 0 atom stereocenters. The third-order valence-electron chi connectivity index (χ3n) is 3.72. The number of urea groups is 1. The van der Waals surface area contributed by atoms with Crippen molar-refractivity contribution in [1.29, 1.82) is 0 Å². The lowest BCUT2D eigenvalue weighted by molar-refractivity contribution is -0.122. The molecule has 0 radical (unpaired) electrons. The second-order valence-corrected chi connectivity index (χ2v) is 5.88. The zero-order chi connectivity index (χ0) is 18.2. The van der Waals surface area contributed by atoms with Crippen molar-refractivity contribution in [1.82, 2.24) is 15.5 Å². The summed E-state index contributed by atoms with van der Waals surface area (Å²) in [5, 5.41) is 7.71. The predicted octanol–water partition coefficient (Wildman–Crippen LogP) is 0.944. The molecule has 1 saturated carbocycles. The van der Waals surface area contributed by atoms with Gasteiger partial charge < -0.3 is 15.4 Å². The van der Waals surface area contributed by atoms with Gasteiger partial charge in [0.1, 0.15) is 5.75 Å². The van der Waals surface area contributed by atoms with Gasteiger partial charge in [-0.1, -0.05) is 6.92 Å². The number of rotatable bonds is 8. The smallest absolute Gasteiger partial charge is 0.321 e. The molecule has 1 aromatic rings. The highest BCUT2D eigenvalue weighted by atomic mass is 16.5. The van der Waals surface area contributed by atoms with Crippen LogP contribution in [-0.2, 0) is 9.59 Å². The van der Waals surface area contributed by atoms with E-state index in [-0.39, 0.29) is 25.0 Å². The van der Waals surface area contributed by atoms with Crippen LogP contribution in [0.3, 0.4) is 0 Å². The number of nitrogens with zero attached hydrogens (tertiary/aromatic N) is 1. The van der Waals surface area contributed by atoms with E-state index in [1.807, 2.05) is 6.92 Å². The van der Waals surface area contributed by atoms with Crippen LogP contribution in [0.25, 0.3) is 0 Å². The average molecular weight is 348 g/mol. The molecular formula is C17H24N4O4. The van der Waals surface area contributed by atoms with Gasteiger partial charge in [0.05, 0.1) is 20.2 Å². The Bertz CT molecular complexity index is 614. The fraction of sp³-hybridized carbons (Fsp3) is 0.471. The lowest BCUT2D eigenvalue weighted by atomic mass is 10.3. The molecule has 4 amide bonds. The van der Waals surface area contributed by atoms with E-state index >= 15 is 0 Å². The predicted molar refractivity (Wildman–Crippen MR) is 93.4 cm³/mol. The number of carbonyl (C=O) groups is 3. The third kappa shape index (κ3) is 6.80. The molecule has 0 heterocycles. The number of nitrogens with one attached hydrogen (secondary N) is 3. The highest BCUT2D eigenvalue weighted by Crippen LogP contribution is 2.18. The van der Waals surface area contributed by atoms with E-state index in [4.69, 9.17) is 4.74 Å². The summed E-state index contributed by atoms with van der Waals surface area (Å²) in [7, 11) is 1.57. The van der Waals surface area contributed by atoms with Gasteiger partial charge in [-0.15, -0.1) is 0 Å². The Morgan fingerprint density at radius 3 is 2.32 bits per heavy atom. The van der Waals surface area contributed by atoms with Crippen LogP contribution >= 0.6 is 0 Å². The zero-order valence-electron chi connectivity index (χ0n) is 14.5. The molecule has 0 saturated heterocycles. The van der Waals surface area contributed by atoms with Crippen LogP contribution in [0.5, 0.6) is 5.75 Å². The van der Waals surface area contributed by atoms with Gasteiger partial charge in [0.15, 0.2) is 0 Å². The van der Waals surface area contributed by atoms with Gasteiger partial charge in [-0.3, -0.25) is 19.8 Å². The number of anilines is 1. The molecule has 0 unspecified atom stereocenters. The first-order chi connectivity index (χ1) is 12.0. The molecule has 1 fully saturated rings. The summed E-state index contributed by atoms with van der Waals surface area (Å²) in [5.41, 5.74) is 0.648. The van der Waals surface area contributed by atoms with Crippen LogP contribution in [0, 0.1) is 0 Å². The van der Waals surface area contributed by atoms with E-state index in [0.29, 0.717) is 18.0 Å². The topological polar surface area (TPSA) is 99.8 Å². The first kappa shape index (κ1) is 18.7. The lowest BCUT2D eigenvalue weighted by Gasteiger charge is -2.19. The minimum Gasteiger partial charge on any atom is -0.497 e. The molecule has 0 spiro atoms. The van der Waals surface area contributed by atoms with Gasteiger partial charge in [0, 0.05) is 11.7 Å². The van der Waals surface area contributed by atoms with Gasteiger partial charge >= 0.3 is 6.03 Å². The number of amides is 4. The van der Waals surface area contributed by atoms with Crippen molar-refractivity contribution in [2.24, 2.45) is 0 Å². The highest BCUT2D eigenvalue weighted by Gasteiger charge is 2.24. The molecule has 136 valence electrons. The van der Waals surface area contributed by atoms with E-state index in [1.165, 1.54) is 0 Å². The maximum Gasteiger partial charge on any atom is 0.321 e. The summed E-state index contributed by atoms with van der Waals surface area (Å²) in [6.45, 7) is 2.39. The summed E-state index contributed by atoms with van der Waals surface area (Å²) in [6, 6.07) is 6.68. The summed E-state index contributed by atoms with van der Waals surface area (Å²) >= 11 is 0. The van der Waals surface area contributed by atoms with Crippen molar-refractivity contribution in [2.75, 3.05) is 32.1 Å². The molecule has 3 N–H and O–H groups in total. The Hall–Kier alpha value is -2.61. The van der Waals surface area contributed by atoms with Crippen LogP contribution in [0.1, 0.15) is 19.8 Å². The Balaban J connectivity index is 1.75. The molecule has 8 nitrogen and oxygen atoms in total. The summed E-state index contributed by atoms with van der Waals surface area (Å²) in [4.78, 5) is 37.2. The van der Waals surface area contributed by atoms with Crippen molar-refractivity contribution >= 4 is 23.5 Å². The molecule has 1 aliphatic rings. The van der Waals surface area contributed by atoms with Gasteiger partial charge in [0.2, 0.25) is 11.8 Å². The summed E-state index contributed by atoms with van der Waals surface area (Å²) < 4.78 is 5.06. The second-order valence-electron chi connectivity index (χ2n) is 5.88. The first-order valence-corrected chi connectivity index (χ1v) is 8.26. The molecule has 8 heteroatoms. The lowest BCUT2D eigenvalue weighted by Crippen LogP contribution is -2.46. The van der Waals surface area contributed by atoms with E-state index < -0.39 is 11.9 Å². The molecule has 1 aliphatic carbocycles. The number of methoxy groups -OCH3 is 1. The van der Waals surface area contributed by atoms with Crippen molar-refractivity contribution < 1.29 is 19.1 Å². The van der Waals surface area contributed by atoms with Crippen molar-refractivity contribution in [3.05, 3.63) is 24.3 Å². The SMILES string of the molecule is CCN(CC(=O)NC(=O)NC1CC1)CC(=O)Nc1ccc(OC)cc1.